The molecule has 6 heteroatoms. The van der Waals surface area contributed by atoms with Gasteiger partial charge in [0.15, 0.2) is 0 Å². The molecule has 6 nitrogen and oxygen atoms in total. The number of fused-ring (bicyclic) bond motifs is 2. The number of amides is 1. The first-order valence-electron chi connectivity index (χ1n) is 9.30. The van der Waals surface area contributed by atoms with Crippen molar-refractivity contribution in [3.8, 4) is 11.3 Å². The summed E-state index contributed by atoms with van der Waals surface area (Å²) >= 11 is 0. The molecule has 1 aliphatic rings. The molecule has 0 saturated heterocycles. The molecule has 3 aromatic rings. The second-order valence-electron chi connectivity index (χ2n) is 8.33. The quantitative estimate of drug-likeness (QED) is 0.643. The number of para-hydroxylation sites is 1. The second kappa shape index (κ2) is 6.08. The minimum atomic E-state index is -0.110. The van der Waals surface area contributed by atoms with Gasteiger partial charge in [-0.3, -0.25) is 4.79 Å². The number of aromatic amines is 1. The molecule has 0 spiro atoms. The lowest BCUT2D eigenvalue weighted by Crippen LogP contribution is -2.33. The number of hydrogen-bond acceptors (Lipinski definition) is 4. The summed E-state index contributed by atoms with van der Waals surface area (Å²) in [5, 5.41) is 6.37. The molecule has 0 bridgehead atoms. The van der Waals surface area contributed by atoms with Crippen LogP contribution < -0.4 is 10.6 Å². The molecular weight excluding hydrogens is 338 g/mol. The van der Waals surface area contributed by atoms with E-state index in [9.17, 15) is 4.79 Å². The highest BCUT2D eigenvalue weighted by Crippen LogP contribution is 2.32. The molecule has 4 rings (SSSR count). The normalized spacial score (nSPS) is 16.9. The third kappa shape index (κ3) is 3.16. The smallest absolute Gasteiger partial charge is 0.253 e. The Morgan fingerprint density at radius 2 is 1.96 bits per heavy atom. The molecule has 0 aliphatic carbocycles. The van der Waals surface area contributed by atoms with E-state index in [-0.39, 0.29) is 17.4 Å². The minimum absolute atomic E-state index is 0.0251. The van der Waals surface area contributed by atoms with Crippen molar-refractivity contribution in [2.24, 2.45) is 0 Å². The first-order valence-corrected chi connectivity index (χ1v) is 9.30. The van der Waals surface area contributed by atoms with Crippen molar-refractivity contribution in [3.05, 3.63) is 41.2 Å². The predicted octanol–water partition coefficient (Wildman–Crippen LogP) is 3.99. The summed E-state index contributed by atoms with van der Waals surface area (Å²) < 4.78 is 0. The molecule has 0 saturated carbocycles. The highest BCUT2D eigenvalue weighted by atomic mass is 16.1. The van der Waals surface area contributed by atoms with E-state index >= 15 is 0 Å². The van der Waals surface area contributed by atoms with Gasteiger partial charge >= 0.3 is 0 Å². The van der Waals surface area contributed by atoms with E-state index in [2.05, 4.69) is 43.3 Å². The summed E-state index contributed by atoms with van der Waals surface area (Å²) in [4.78, 5) is 25.3. The van der Waals surface area contributed by atoms with E-state index in [1.807, 2.05) is 31.2 Å². The molecule has 1 aliphatic heterocycles. The fourth-order valence-corrected chi connectivity index (χ4v) is 3.49. The van der Waals surface area contributed by atoms with Crippen LogP contribution in [0.25, 0.3) is 22.3 Å². The van der Waals surface area contributed by atoms with Crippen LogP contribution in [0.2, 0.25) is 0 Å². The van der Waals surface area contributed by atoms with E-state index in [1.165, 1.54) is 0 Å². The van der Waals surface area contributed by atoms with E-state index in [0.717, 1.165) is 39.5 Å². The molecule has 2 aromatic heterocycles. The van der Waals surface area contributed by atoms with Crippen LogP contribution in [0.5, 0.6) is 0 Å². The molecule has 140 valence electrons. The van der Waals surface area contributed by atoms with E-state index in [4.69, 9.17) is 9.97 Å². The monoisotopic (exact) mass is 363 g/mol. The molecule has 1 amide bonds. The van der Waals surface area contributed by atoms with Gasteiger partial charge in [0.2, 0.25) is 0 Å². The van der Waals surface area contributed by atoms with Crippen molar-refractivity contribution in [2.75, 3.05) is 11.9 Å². The zero-order valence-corrected chi connectivity index (χ0v) is 16.4. The van der Waals surface area contributed by atoms with Gasteiger partial charge < -0.3 is 15.6 Å². The Kier molecular flexibility index (Phi) is 3.94. The number of anilines is 1. The minimum Gasteiger partial charge on any atom is -0.364 e. The van der Waals surface area contributed by atoms with Gasteiger partial charge in [0.05, 0.1) is 16.8 Å². The Bertz CT molecular complexity index is 1040. The number of benzene rings is 1. The van der Waals surface area contributed by atoms with Gasteiger partial charge in [0.25, 0.3) is 5.91 Å². The maximum Gasteiger partial charge on any atom is 0.253 e. The third-order valence-electron chi connectivity index (χ3n) is 4.81. The predicted molar refractivity (Wildman–Crippen MR) is 108 cm³/mol. The van der Waals surface area contributed by atoms with Gasteiger partial charge in [-0.2, -0.15) is 0 Å². The van der Waals surface area contributed by atoms with Crippen LogP contribution in [-0.2, 0) is 0 Å². The van der Waals surface area contributed by atoms with Gasteiger partial charge in [-0.1, -0.05) is 19.1 Å². The SMILES string of the molecule is Cc1nc2cccc(-c3cc4c([nH]3)C(C)CNC4=O)c2nc1NC(C)(C)C. The van der Waals surface area contributed by atoms with Crippen molar-refractivity contribution in [1.29, 1.82) is 0 Å². The number of hydrogen-bond donors (Lipinski definition) is 3. The second-order valence-corrected chi connectivity index (χ2v) is 8.33. The summed E-state index contributed by atoms with van der Waals surface area (Å²) in [5.41, 5.74) is 5.97. The standard InChI is InChI=1S/C21H25N5O/c1-11-10-22-20(27)14-9-16(24-17(11)14)13-7-6-8-15-18(13)25-19(12(2)23-15)26-21(3,4)5/h6-9,11,24H,10H2,1-5H3,(H,22,27)(H,25,26). The van der Waals surface area contributed by atoms with Crippen LogP contribution in [0.1, 0.15) is 55.4 Å². The van der Waals surface area contributed by atoms with Crippen LogP contribution >= 0.6 is 0 Å². The molecule has 1 atom stereocenters. The van der Waals surface area contributed by atoms with Crippen molar-refractivity contribution >= 4 is 22.8 Å². The Hall–Kier alpha value is -2.89. The Labute approximate surface area is 158 Å². The molecule has 0 fully saturated rings. The number of nitrogens with zero attached hydrogens (tertiary/aromatic N) is 2. The molecule has 0 radical (unpaired) electrons. The van der Waals surface area contributed by atoms with Gasteiger partial charge in [-0.05, 0) is 39.8 Å². The van der Waals surface area contributed by atoms with Crippen molar-refractivity contribution in [3.63, 3.8) is 0 Å². The number of rotatable bonds is 2. The van der Waals surface area contributed by atoms with Crippen LogP contribution in [0.3, 0.4) is 0 Å². The summed E-state index contributed by atoms with van der Waals surface area (Å²) in [6.45, 7) is 11.0. The third-order valence-corrected chi connectivity index (χ3v) is 4.81. The number of nitrogens with one attached hydrogen (secondary N) is 3. The fraction of sp³-hybridized carbons (Fsp3) is 0.381. The molecular formula is C21H25N5O. The van der Waals surface area contributed by atoms with E-state index in [1.54, 1.807) is 0 Å². The molecule has 27 heavy (non-hydrogen) atoms. The van der Waals surface area contributed by atoms with Crippen molar-refractivity contribution < 1.29 is 4.79 Å². The highest BCUT2D eigenvalue weighted by Gasteiger charge is 2.26. The first-order chi connectivity index (χ1) is 12.7. The average molecular weight is 363 g/mol. The van der Waals surface area contributed by atoms with Gasteiger partial charge in [0.1, 0.15) is 11.3 Å². The zero-order chi connectivity index (χ0) is 19.3. The summed E-state index contributed by atoms with van der Waals surface area (Å²) in [5.74, 6) is 1.01. The number of H-pyrrole nitrogens is 1. The van der Waals surface area contributed by atoms with Crippen LogP contribution in [0.15, 0.2) is 24.3 Å². The summed E-state index contributed by atoms with van der Waals surface area (Å²) in [6.07, 6.45) is 0. The van der Waals surface area contributed by atoms with Crippen molar-refractivity contribution in [1.82, 2.24) is 20.3 Å². The van der Waals surface area contributed by atoms with Gasteiger partial charge in [0, 0.05) is 35.0 Å². The Balaban J connectivity index is 1.89. The number of carbonyl (C=O) groups is 1. The number of aromatic nitrogens is 3. The average Bonchev–Trinajstić information content (AvgIpc) is 3.04. The van der Waals surface area contributed by atoms with E-state index in [0.29, 0.717) is 12.1 Å². The van der Waals surface area contributed by atoms with Crippen LogP contribution in [0.4, 0.5) is 5.82 Å². The van der Waals surface area contributed by atoms with Crippen LogP contribution in [-0.4, -0.2) is 32.9 Å². The molecule has 1 unspecified atom stereocenters. The lowest BCUT2D eigenvalue weighted by atomic mass is 9.99. The summed E-state index contributed by atoms with van der Waals surface area (Å²) in [6, 6.07) is 7.89. The van der Waals surface area contributed by atoms with Gasteiger partial charge in [-0.25, -0.2) is 9.97 Å². The Morgan fingerprint density at radius 3 is 2.67 bits per heavy atom. The number of carbonyl (C=O) groups excluding carboxylic acids is 1. The molecule has 3 N–H and O–H groups in total. The lowest BCUT2D eigenvalue weighted by Gasteiger charge is -2.22. The maximum atomic E-state index is 12.2. The first kappa shape index (κ1) is 17.5. The lowest BCUT2D eigenvalue weighted by molar-refractivity contribution is 0.0941. The highest BCUT2D eigenvalue weighted by molar-refractivity contribution is 6.00. The zero-order valence-electron chi connectivity index (χ0n) is 16.4. The van der Waals surface area contributed by atoms with Crippen molar-refractivity contribution in [2.45, 2.75) is 46.1 Å². The van der Waals surface area contributed by atoms with E-state index < -0.39 is 0 Å². The maximum absolute atomic E-state index is 12.2. The summed E-state index contributed by atoms with van der Waals surface area (Å²) in [7, 11) is 0. The molecule has 3 heterocycles. The Morgan fingerprint density at radius 1 is 1.19 bits per heavy atom. The molecule has 1 aromatic carbocycles. The van der Waals surface area contributed by atoms with Crippen LogP contribution in [0, 0.1) is 6.92 Å². The number of aryl methyl sites for hydroxylation is 1. The topological polar surface area (TPSA) is 82.7 Å². The van der Waals surface area contributed by atoms with Gasteiger partial charge in [-0.15, -0.1) is 0 Å². The fourth-order valence-electron chi connectivity index (χ4n) is 3.49. The largest absolute Gasteiger partial charge is 0.364 e.